The van der Waals surface area contributed by atoms with Gasteiger partial charge < -0.3 is 5.32 Å². The third kappa shape index (κ3) is 3.40. The Morgan fingerprint density at radius 2 is 1.52 bits per heavy atom. The van der Waals surface area contributed by atoms with E-state index in [9.17, 15) is 18.5 Å². The van der Waals surface area contributed by atoms with Gasteiger partial charge in [-0.1, -0.05) is 42.5 Å². The summed E-state index contributed by atoms with van der Waals surface area (Å²) in [4.78, 5) is 10.3. The monoisotopic (exact) mass is 330 g/mol. The predicted molar refractivity (Wildman–Crippen MR) is 88.2 cm³/mol. The number of anilines is 1. The van der Waals surface area contributed by atoms with Gasteiger partial charge in [0.1, 0.15) is 11.4 Å². The molecule has 0 saturated carbocycles. The van der Waals surface area contributed by atoms with Crippen molar-refractivity contribution in [2.24, 2.45) is 0 Å². The maximum absolute atomic E-state index is 11.6. The van der Waals surface area contributed by atoms with Crippen molar-refractivity contribution in [3.05, 3.63) is 76.1 Å². The van der Waals surface area contributed by atoms with Crippen LogP contribution in [0.25, 0.3) is 11.1 Å². The summed E-state index contributed by atoms with van der Waals surface area (Å²) in [6.07, 6.45) is 0. The van der Waals surface area contributed by atoms with Crippen LogP contribution in [0.2, 0.25) is 0 Å². The Labute approximate surface area is 133 Å². The SMILES string of the molecule is O=[N+]([O-])C1=C(Nc2ccc(-c3ccccc3)cc2)CS(=O)(=O)C1. The zero-order chi connectivity index (χ0) is 16.4. The van der Waals surface area contributed by atoms with Gasteiger partial charge >= 0.3 is 0 Å². The first-order chi connectivity index (χ1) is 10.9. The average Bonchev–Trinajstić information content (AvgIpc) is 2.84. The minimum atomic E-state index is -3.44. The Balaban J connectivity index is 1.84. The summed E-state index contributed by atoms with van der Waals surface area (Å²) < 4.78 is 23.2. The van der Waals surface area contributed by atoms with E-state index in [1.165, 1.54) is 0 Å². The summed E-state index contributed by atoms with van der Waals surface area (Å²) in [7, 11) is -3.44. The summed E-state index contributed by atoms with van der Waals surface area (Å²) in [6.45, 7) is 0. The topological polar surface area (TPSA) is 89.3 Å². The number of hydrogen-bond donors (Lipinski definition) is 1. The van der Waals surface area contributed by atoms with Crippen molar-refractivity contribution in [3.8, 4) is 11.1 Å². The van der Waals surface area contributed by atoms with Crippen LogP contribution in [0.1, 0.15) is 0 Å². The lowest BCUT2D eigenvalue weighted by atomic mass is 10.1. The Morgan fingerprint density at radius 1 is 0.913 bits per heavy atom. The van der Waals surface area contributed by atoms with Crippen molar-refractivity contribution < 1.29 is 13.3 Å². The minimum absolute atomic E-state index is 0.141. The van der Waals surface area contributed by atoms with Gasteiger partial charge in [-0.3, -0.25) is 10.1 Å². The second-order valence-corrected chi connectivity index (χ2v) is 7.35. The van der Waals surface area contributed by atoms with E-state index in [4.69, 9.17) is 0 Å². The van der Waals surface area contributed by atoms with E-state index < -0.39 is 20.5 Å². The fourth-order valence-corrected chi connectivity index (χ4v) is 3.95. The zero-order valence-corrected chi connectivity index (χ0v) is 12.9. The summed E-state index contributed by atoms with van der Waals surface area (Å²) >= 11 is 0. The molecule has 7 heteroatoms. The lowest BCUT2D eigenvalue weighted by molar-refractivity contribution is -0.424. The average molecular weight is 330 g/mol. The fourth-order valence-electron chi connectivity index (χ4n) is 2.47. The highest BCUT2D eigenvalue weighted by atomic mass is 32.2. The van der Waals surface area contributed by atoms with Crippen molar-refractivity contribution in [2.75, 3.05) is 16.8 Å². The van der Waals surface area contributed by atoms with Crippen LogP contribution in [0.15, 0.2) is 66.0 Å². The first kappa shape index (κ1) is 15.2. The second-order valence-electron chi connectivity index (χ2n) is 5.28. The van der Waals surface area contributed by atoms with Crippen LogP contribution < -0.4 is 5.32 Å². The molecule has 0 amide bonds. The lowest BCUT2D eigenvalue weighted by Crippen LogP contribution is -2.07. The van der Waals surface area contributed by atoms with Crippen LogP contribution in [-0.2, 0) is 9.84 Å². The number of hydrogen-bond acceptors (Lipinski definition) is 5. The minimum Gasteiger partial charge on any atom is -0.353 e. The molecule has 0 fully saturated rings. The smallest absolute Gasteiger partial charge is 0.281 e. The summed E-state index contributed by atoms with van der Waals surface area (Å²) in [5, 5.41) is 13.8. The van der Waals surface area contributed by atoms with Crippen molar-refractivity contribution >= 4 is 15.5 Å². The van der Waals surface area contributed by atoms with Crippen LogP contribution in [0.5, 0.6) is 0 Å². The Hall–Kier alpha value is -2.67. The van der Waals surface area contributed by atoms with E-state index in [1.807, 2.05) is 42.5 Å². The van der Waals surface area contributed by atoms with Crippen LogP contribution in [0.3, 0.4) is 0 Å². The molecule has 0 radical (unpaired) electrons. The molecule has 0 aromatic heterocycles. The molecular formula is C16H14N2O4S. The Kier molecular flexibility index (Phi) is 3.87. The molecule has 1 heterocycles. The first-order valence-corrected chi connectivity index (χ1v) is 8.76. The van der Waals surface area contributed by atoms with Crippen molar-refractivity contribution in [2.45, 2.75) is 0 Å². The zero-order valence-electron chi connectivity index (χ0n) is 12.1. The van der Waals surface area contributed by atoms with Crippen molar-refractivity contribution in [1.29, 1.82) is 0 Å². The van der Waals surface area contributed by atoms with E-state index >= 15 is 0 Å². The van der Waals surface area contributed by atoms with Gasteiger partial charge in [0.2, 0.25) is 0 Å². The molecule has 0 unspecified atom stereocenters. The predicted octanol–water partition coefficient (Wildman–Crippen LogP) is 2.68. The molecule has 6 nitrogen and oxygen atoms in total. The number of nitrogens with one attached hydrogen (secondary N) is 1. The van der Waals surface area contributed by atoms with Gasteiger partial charge in [-0.2, -0.15) is 0 Å². The summed E-state index contributed by atoms with van der Waals surface area (Å²) in [6, 6.07) is 17.1. The van der Waals surface area contributed by atoms with Gasteiger partial charge in [0, 0.05) is 5.69 Å². The third-order valence-electron chi connectivity index (χ3n) is 3.58. The van der Waals surface area contributed by atoms with E-state index in [-0.39, 0.29) is 17.1 Å². The van der Waals surface area contributed by atoms with Gasteiger partial charge in [-0.25, -0.2) is 8.42 Å². The van der Waals surface area contributed by atoms with Gasteiger partial charge in [-0.15, -0.1) is 0 Å². The first-order valence-electron chi connectivity index (χ1n) is 6.94. The molecule has 2 aromatic carbocycles. The van der Waals surface area contributed by atoms with Gasteiger partial charge in [-0.05, 0) is 23.3 Å². The van der Waals surface area contributed by atoms with Gasteiger partial charge in [0.25, 0.3) is 5.70 Å². The maximum Gasteiger partial charge on any atom is 0.281 e. The molecule has 1 N–H and O–H groups in total. The third-order valence-corrected chi connectivity index (χ3v) is 5.02. The molecule has 0 aliphatic carbocycles. The summed E-state index contributed by atoms with van der Waals surface area (Å²) in [5.41, 5.74) is 2.56. The lowest BCUT2D eigenvalue weighted by Gasteiger charge is -2.07. The number of nitrogens with zero attached hydrogens (tertiary/aromatic N) is 1. The van der Waals surface area contributed by atoms with Gasteiger partial charge in [0.15, 0.2) is 9.84 Å². The number of nitro groups is 1. The Bertz CT molecular complexity index is 872. The van der Waals surface area contributed by atoms with E-state index in [1.54, 1.807) is 12.1 Å². The van der Waals surface area contributed by atoms with E-state index in [0.717, 1.165) is 11.1 Å². The Morgan fingerprint density at radius 3 is 2.13 bits per heavy atom. The van der Waals surface area contributed by atoms with Crippen LogP contribution >= 0.6 is 0 Å². The highest BCUT2D eigenvalue weighted by Crippen LogP contribution is 2.25. The second kappa shape index (κ2) is 5.85. The van der Waals surface area contributed by atoms with Crippen molar-refractivity contribution in [1.82, 2.24) is 0 Å². The molecule has 23 heavy (non-hydrogen) atoms. The van der Waals surface area contributed by atoms with Crippen molar-refractivity contribution in [3.63, 3.8) is 0 Å². The molecule has 118 valence electrons. The van der Waals surface area contributed by atoms with Crippen LogP contribution in [-0.4, -0.2) is 24.8 Å². The fraction of sp³-hybridized carbons (Fsp3) is 0.125. The van der Waals surface area contributed by atoms with Crippen LogP contribution in [0.4, 0.5) is 5.69 Å². The largest absolute Gasteiger partial charge is 0.353 e. The van der Waals surface area contributed by atoms with Gasteiger partial charge in [0.05, 0.1) is 10.7 Å². The maximum atomic E-state index is 11.6. The molecule has 2 aromatic rings. The highest BCUT2D eigenvalue weighted by Gasteiger charge is 2.35. The molecule has 0 spiro atoms. The highest BCUT2D eigenvalue weighted by molar-refractivity contribution is 7.92. The molecule has 1 aliphatic heterocycles. The molecule has 3 rings (SSSR count). The molecule has 0 atom stereocenters. The number of sulfone groups is 1. The molecular weight excluding hydrogens is 316 g/mol. The standard InChI is InChI=1S/C16H14N2O4S/c19-18(20)16-11-23(21,22)10-15(16)17-14-8-6-13(7-9-14)12-4-2-1-3-5-12/h1-9,17H,10-11H2. The van der Waals surface area contributed by atoms with E-state index in [0.29, 0.717) is 5.69 Å². The summed E-state index contributed by atoms with van der Waals surface area (Å²) in [5.74, 6) is -0.853. The number of rotatable bonds is 4. The van der Waals surface area contributed by atoms with E-state index in [2.05, 4.69) is 5.32 Å². The number of benzene rings is 2. The quantitative estimate of drug-likeness (QED) is 0.687. The normalized spacial score (nSPS) is 16.3. The van der Waals surface area contributed by atoms with Crippen LogP contribution in [0, 0.1) is 10.1 Å². The molecule has 0 saturated heterocycles. The molecule has 0 bridgehead atoms. The molecule has 1 aliphatic rings.